The van der Waals surface area contributed by atoms with Crippen LogP contribution in [0.4, 0.5) is 11.6 Å². The first kappa shape index (κ1) is 24.3. The van der Waals surface area contributed by atoms with Crippen molar-refractivity contribution in [2.75, 3.05) is 25.6 Å². The SMILES string of the molecule is COCCCn1ccc2c(Nc3nccc(-c4cc(C#N)c5c(c4)C(C)(CO)CC5)n3)cc(Cl)cc21. The fourth-order valence-electron chi connectivity index (χ4n) is 5.07. The molecule has 0 saturated carbocycles. The molecular weight excluding hydrogens is 474 g/mol. The molecule has 0 aliphatic heterocycles. The zero-order valence-electron chi connectivity index (χ0n) is 20.4. The third-order valence-corrected chi connectivity index (χ3v) is 7.31. The number of ether oxygens (including phenoxy) is 1. The van der Waals surface area contributed by atoms with E-state index in [1.165, 1.54) is 0 Å². The second kappa shape index (κ2) is 9.90. The minimum atomic E-state index is -0.353. The van der Waals surface area contributed by atoms with Gasteiger partial charge in [-0.2, -0.15) is 5.26 Å². The van der Waals surface area contributed by atoms with E-state index in [9.17, 15) is 10.4 Å². The normalized spacial score (nSPS) is 16.8. The summed E-state index contributed by atoms with van der Waals surface area (Å²) >= 11 is 6.47. The summed E-state index contributed by atoms with van der Waals surface area (Å²) in [4.78, 5) is 9.19. The molecule has 36 heavy (non-hydrogen) atoms. The number of fused-ring (bicyclic) bond motifs is 2. The predicted octanol–water partition coefficient (Wildman–Crippen LogP) is 5.60. The van der Waals surface area contributed by atoms with E-state index in [1.54, 1.807) is 13.3 Å². The van der Waals surface area contributed by atoms with Gasteiger partial charge in [-0.1, -0.05) is 18.5 Å². The van der Waals surface area contributed by atoms with Crippen LogP contribution in [-0.4, -0.2) is 40.0 Å². The van der Waals surface area contributed by atoms with Crippen molar-refractivity contribution in [3.63, 3.8) is 0 Å². The maximum atomic E-state index is 10.0. The molecule has 0 fully saturated rings. The van der Waals surface area contributed by atoms with Gasteiger partial charge in [-0.3, -0.25) is 0 Å². The Morgan fingerprint density at radius 1 is 1.28 bits per heavy atom. The van der Waals surface area contributed by atoms with Crippen molar-refractivity contribution in [1.29, 1.82) is 5.26 Å². The molecule has 5 rings (SSSR count). The highest BCUT2D eigenvalue weighted by molar-refractivity contribution is 6.32. The number of benzene rings is 2. The largest absolute Gasteiger partial charge is 0.395 e. The highest BCUT2D eigenvalue weighted by Crippen LogP contribution is 2.42. The van der Waals surface area contributed by atoms with Crippen molar-refractivity contribution in [1.82, 2.24) is 14.5 Å². The first-order chi connectivity index (χ1) is 17.5. The standard InChI is InChI=1S/C28H28ClN5O2/c1-28(17-35)7-4-21-19(16-30)12-18(13-23(21)28)24-5-8-31-27(32-24)33-25-14-20(29)15-26-22(25)6-10-34(26)9-3-11-36-2/h5-6,8,10,12-15,35H,3-4,7,9,11,17H2,1-2H3,(H,31,32,33). The van der Waals surface area contributed by atoms with Crippen molar-refractivity contribution >= 4 is 34.1 Å². The topological polar surface area (TPSA) is 96.0 Å². The Balaban J connectivity index is 1.49. The summed E-state index contributed by atoms with van der Waals surface area (Å²) in [6.45, 7) is 3.61. The summed E-state index contributed by atoms with van der Waals surface area (Å²) in [5.74, 6) is 0.437. The number of anilines is 2. The Hall–Kier alpha value is -3.44. The minimum absolute atomic E-state index is 0.0424. The number of nitriles is 1. The van der Waals surface area contributed by atoms with Crippen LogP contribution in [0, 0.1) is 11.3 Å². The van der Waals surface area contributed by atoms with Gasteiger partial charge in [0, 0.05) is 54.0 Å². The van der Waals surface area contributed by atoms with Crippen LogP contribution >= 0.6 is 11.6 Å². The summed E-state index contributed by atoms with van der Waals surface area (Å²) in [5, 5.41) is 24.8. The fraction of sp³-hybridized carbons (Fsp3) is 0.321. The van der Waals surface area contributed by atoms with E-state index in [0.717, 1.165) is 59.1 Å². The van der Waals surface area contributed by atoms with Crippen molar-refractivity contribution in [3.8, 4) is 17.3 Å². The molecule has 8 heteroatoms. The Bertz CT molecular complexity index is 1480. The van der Waals surface area contributed by atoms with E-state index < -0.39 is 0 Å². The second-order valence-corrected chi connectivity index (χ2v) is 9.95. The lowest BCUT2D eigenvalue weighted by Gasteiger charge is -2.23. The Morgan fingerprint density at radius 3 is 2.92 bits per heavy atom. The molecule has 4 aromatic rings. The third kappa shape index (κ3) is 4.44. The molecule has 1 atom stereocenters. The summed E-state index contributed by atoms with van der Waals surface area (Å²) in [6.07, 6.45) is 6.27. The van der Waals surface area contributed by atoms with Crippen molar-refractivity contribution in [3.05, 3.63) is 70.5 Å². The molecule has 7 nitrogen and oxygen atoms in total. The lowest BCUT2D eigenvalue weighted by molar-refractivity contribution is 0.190. The number of nitrogens with zero attached hydrogens (tertiary/aromatic N) is 4. The van der Waals surface area contributed by atoms with E-state index >= 15 is 0 Å². The zero-order valence-corrected chi connectivity index (χ0v) is 21.1. The number of aliphatic hydroxyl groups is 1. The molecule has 0 radical (unpaired) electrons. The first-order valence-electron chi connectivity index (χ1n) is 12.0. The molecule has 2 aromatic heterocycles. The number of halogens is 1. The van der Waals surface area contributed by atoms with E-state index in [2.05, 4.69) is 33.1 Å². The lowest BCUT2D eigenvalue weighted by atomic mass is 9.83. The molecule has 0 spiro atoms. The Labute approximate surface area is 215 Å². The minimum Gasteiger partial charge on any atom is -0.395 e. The second-order valence-electron chi connectivity index (χ2n) is 9.51. The van der Waals surface area contributed by atoms with Gasteiger partial charge >= 0.3 is 0 Å². The number of methoxy groups -OCH3 is 1. The lowest BCUT2D eigenvalue weighted by Crippen LogP contribution is -2.23. The van der Waals surface area contributed by atoms with Gasteiger partial charge in [-0.15, -0.1) is 0 Å². The van der Waals surface area contributed by atoms with Gasteiger partial charge in [0.1, 0.15) is 0 Å². The van der Waals surface area contributed by atoms with Crippen molar-refractivity contribution in [2.45, 2.75) is 38.1 Å². The zero-order chi connectivity index (χ0) is 25.3. The highest BCUT2D eigenvalue weighted by atomic mass is 35.5. The van der Waals surface area contributed by atoms with Crippen LogP contribution in [0.3, 0.4) is 0 Å². The van der Waals surface area contributed by atoms with Gasteiger partial charge in [0.05, 0.1) is 35.1 Å². The van der Waals surface area contributed by atoms with E-state index in [1.807, 2.05) is 37.4 Å². The fourth-order valence-corrected chi connectivity index (χ4v) is 5.28. The predicted molar refractivity (Wildman–Crippen MR) is 142 cm³/mol. The summed E-state index contributed by atoms with van der Waals surface area (Å²) in [5.41, 5.74) is 5.72. The number of aryl methyl sites for hydroxylation is 1. The number of aromatic nitrogens is 3. The summed E-state index contributed by atoms with van der Waals surface area (Å²) < 4.78 is 7.35. The Kier molecular flexibility index (Phi) is 6.67. The Morgan fingerprint density at radius 2 is 2.14 bits per heavy atom. The van der Waals surface area contributed by atoms with Gasteiger partial charge in [-0.25, -0.2) is 9.97 Å². The van der Waals surface area contributed by atoms with E-state index in [0.29, 0.717) is 28.8 Å². The molecule has 0 bridgehead atoms. The van der Waals surface area contributed by atoms with Gasteiger partial charge in [0.2, 0.25) is 5.95 Å². The number of rotatable bonds is 8. The van der Waals surface area contributed by atoms with E-state index in [4.69, 9.17) is 21.3 Å². The molecular formula is C28H28ClN5O2. The van der Waals surface area contributed by atoms with Crippen molar-refractivity contribution in [2.24, 2.45) is 0 Å². The molecule has 0 amide bonds. The number of hydrogen-bond acceptors (Lipinski definition) is 6. The molecule has 2 heterocycles. The average Bonchev–Trinajstić information content (AvgIpc) is 3.45. The number of aliphatic hydroxyl groups excluding tert-OH is 1. The number of nitrogens with one attached hydrogen (secondary N) is 1. The van der Waals surface area contributed by atoms with Gasteiger partial charge in [0.25, 0.3) is 0 Å². The van der Waals surface area contributed by atoms with Crippen LogP contribution in [-0.2, 0) is 23.1 Å². The van der Waals surface area contributed by atoms with Crippen LogP contribution < -0.4 is 5.32 Å². The maximum absolute atomic E-state index is 10.0. The van der Waals surface area contributed by atoms with Crippen LogP contribution in [0.5, 0.6) is 0 Å². The highest BCUT2D eigenvalue weighted by Gasteiger charge is 2.35. The van der Waals surface area contributed by atoms with E-state index in [-0.39, 0.29) is 12.0 Å². The maximum Gasteiger partial charge on any atom is 0.227 e. The summed E-state index contributed by atoms with van der Waals surface area (Å²) in [6, 6.07) is 14.0. The quantitative estimate of drug-likeness (QED) is 0.305. The molecule has 184 valence electrons. The van der Waals surface area contributed by atoms with Crippen LogP contribution in [0.25, 0.3) is 22.2 Å². The average molecular weight is 502 g/mol. The number of hydrogen-bond donors (Lipinski definition) is 2. The molecule has 0 saturated heterocycles. The molecule has 1 unspecified atom stereocenters. The van der Waals surface area contributed by atoms with Crippen LogP contribution in [0.15, 0.2) is 48.8 Å². The molecule has 2 N–H and O–H groups in total. The van der Waals surface area contributed by atoms with Crippen LogP contribution in [0.1, 0.15) is 36.5 Å². The smallest absolute Gasteiger partial charge is 0.227 e. The van der Waals surface area contributed by atoms with Gasteiger partial charge in [0.15, 0.2) is 0 Å². The molecule has 1 aliphatic carbocycles. The third-order valence-electron chi connectivity index (χ3n) is 7.10. The van der Waals surface area contributed by atoms with Crippen LogP contribution in [0.2, 0.25) is 5.02 Å². The summed E-state index contributed by atoms with van der Waals surface area (Å²) in [7, 11) is 1.70. The van der Waals surface area contributed by atoms with Gasteiger partial charge in [-0.05, 0) is 66.8 Å². The molecule has 1 aliphatic rings. The first-order valence-corrected chi connectivity index (χ1v) is 12.4. The van der Waals surface area contributed by atoms with Gasteiger partial charge < -0.3 is 19.7 Å². The monoisotopic (exact) mass is 501 g/mol. The van der Waals surface area contributed by atoms with Crippen molar-refractivity contribution < 1.29 is 9.84 Å². The molecule has 2 aromatic carbocycles.